The van der Waals surface area contributed by atoms with Gasteiger partial charge in [-0.15, -0.1) is 0 Å². The Balaban J connectivity index is 1.72. The van der Waals surface area contributed by atoms with E-state index < -0.39 is 11.6 Å². The topological polar surface area (TPSA) is 0 Å². The zero-order valence-corrected chi connectivity index (χ0v) is 14.4. The van der Waals surface area contributed by atoms with Gasteiger partial charge in [-0.25, -0.2) is 8.78 Å². The molecule has 1 aliphatic rings. The van der Waals surface area contributed by atoms with Crippen molar-refractivity contribution in [2.24, 2.45) is 5.92 Å². The van der Waals surface area contributed by atoms with E-state index in [4.69, 9.17) is 0 Å². The highest BCUT2D eigenvalue weighted by Gasteiger charge is 2.19. The zero-order valence-electron chi connectivity index (χ0n) is 14.4. The summed E-state index contributed by atoms with van der Waals surface area (Å²) in [5.41, 5.74) is 2.84. The molecule has 2 heteroatoms. The highest BCUT2D eigenvalue weighted by molar-refractivity contribution is 5.63. The van der Waals surface area contributed by atoms with Crippen LogP contribution in [0.1, 0.15) is 63.4 Å². The molecule has 3 rings (SSSR count). The fourth-order valence-electron chi connectivity index (χ4n) is 4.08. The molecule has 0 saturated heterocycles. The minimum Gasteiger partial charge on any atom is -0.207 e. The molecule has 2 aromatic rings. The molecule has 2 atom stereocenters. The lowest BCUT2D eigenvalue weighted by atomic mass is 9.89. The van der Waals surface area contributed by atoms with Gasteiger partial charge in [0.05, 0.1) is 0 Å². The van der Waals surface area contributed by atoms with Crippen LogP contribution in [0.5, 0.6) is 0 Å². The van der Waals surface area contributed by atoms with Crippen molar-refractivity contribution < 1.29 is 8.78 Å². The lowest BCUT2D eigenvalue weighted by molar-refractivity contribution is 0.421. The van der Waals surface area contributed by atoms with Crippen LogP contribution in [-0.2, 0) is 0 Å². The summed E-state index contributed by atoms with van der Waals surface area (Å²) in [6, 6.07) is 12.0. The lowest BCUT2D eigenvalue weighted by Gasteiger charge is -2.16. The first-order valence-corrected chi connectivity index (χ1v) is 9.22. The van der Waals surface area contributed by atoms with E-state index in [0.29, 0.717) is 11.5 Å². The van der Waals surface area contributed by atoms with E-state index in [1.54, 1.807) is 0 Å². The second kappa shape index (κ2) is 7.92. The predicted molar refractivity (Wildman–Crippen MR) is 96.0 cm³/mol. The number of rotatable bonds is 4. The molecule has 1 saturated carbocycles. The molecule has 0 spiro atoms. The first-order chi connectivity index (χ1) is 11.7. The molecule has 0 aliphatic heterocycles. The van der Waals surface area contributed by atoms with Crippen LogP contribution in [0.2, 0.25) is 0 Å². The number of hydrogen-bond acceptors (Lipinski definition) is 0. The molecule has 0 aromatic heterocycles. The van der Waals surface area contributed by atoms with Gasteiger partial charge in [0, 0.05) is 6.07 Å². The van der Waals surface area contributed by atoms with Gasteiger partial charge in [-0.3, -0.25) is 0 Å². The van der Waals surface area contributed by atoms with Crippen LogP contribution < -0.4 is 0 Å². The van der Waals surface area contributed by atoms with Crippen LogP contribution in [-0.4, -0.2) is 0 Å². The quantitative estimate of drug-likeness (QED) is 0.525. The molecule has 0 N–H and O–H groups in total. The number of hydrogen-bond donors (Lipinski definition) is 0. The van der Waals surface area contributed by atoms with E-state index in [-0.39, 0.29) is 0 Å². The summed E-state index contributed by atoms with van der Waals surface area (Å²) < 4.78 is 26.8. The van der Waals surface area contributed by atoms with Gasteiger partial charge in [0.15, 0.2) is 0 Å². The summed E-state index contributed by atoms with van der Waals surface area (Å²) in [7, 11) is 0. The molecule has 2 aromatic carbocycles. The van der Waals surface area contributed by atoms with Gasteiger partial charge >= 0.3 is 0 Å². The Morgan fingerprint density at radius 1 is 0.833 bits per heavy atom. The fraction of sp³-hybridized carbons (Fsp3) is 0.455. The van der Waals surface area contributed by atoms with Crippen molar-refractivity contribution in [3.63, 3.8) is 0 Å². The first-order valence-electron chi connectivity index (χ1n) is 9.22. The molecule has 0 bridgehead atoms. The monoisotopic (exact) mass is 328 g/mol. The molecular formula is C22H26F2. The maximum atomic E-state index is 13.4. The van der Waals surface area contributed by atoms with Gasteiger partial charge in [0.25, 0.3) is 0 Å². The van der Waals surface area contributed by atoms with E-state index in [9.17, 15) is 8.78 Å². The fourth-order valence-corrected chi connectivity index (χ4v) is 4.08. The zero-order chi connectivity index (χ0) is 16.9. The van der Waals surface area contributed by atoms with Gasteiger partial charge in [-0.05, 0) is 59.9 Å². The van der Waals surface area contributed by atoms with E-state index in [2.05, 4.69) is 19.1 Å². The minimum absolute atomic E-state index is 0.528. The Kier molecular flexibility index (Phi) is 5.65. The summed E-state index contributed by atoms with van der Waals surface area (Å²) in [4.78, 5) is 0. The first kappa shape index (κ1) is 17.1. The largest absolute Gasteiger partial charge is 0.207 e. The Labute approximate surface area is 143 Å². The second-order valence-corrected chi connectivity index (χ2v) is 7.14. The molecule has 0 heterocycles. The third-order valence-electron chi connectivity index (χ3n) is 5.36. The molecule has 0 amide bonds. The summed E-state index contributed by atoms with van der Waals surface area (Å²) in [6.07, 6.45) is 9.17. The maximum Gasteiger partial charge on any atom is 0.126 e. The average Bonchev–Trinajstić information content (AvgIpc) is 2.80. The summed E-state index contributed by atoms with van der Waals surface area (Å²) >= 11 is 0. The van der Waals surface area contributed by atoms with Gasteiger partial charge < -0.3 is 0 Å². The Morgan fingerprint density at radius 3 is 2.21 bits per heavy atom. The maximum absolute atomic E-state index is 13.4. The molecule has 24 heavy (non-hydrogen) atoms. The van der Waals surface area contributed by atoms with E-state index in [1.807, 2.05) is 12.1 Å². The smallest absolute Gasteiger partial charge is 0.126 e. The van der Waals surface area contributed by atoms with Gasteiger partial charge in [0.2, 0.25) is 0 Å². The SMILES string of the molecule is CCCC1CCCC(c2ccc(-c3cc(F)cc(F)c3)cc2)CC1. The van der Waals surface area contributed by atoms with Crippen molar-refractivity contribution in [3.8, 4) is 11.1 Å². The molecule has 128 valence electrons. The van der Waals surface area contributed by atoms with Crippen molar-refractivity contribution in [3.05, 3.63) is 59.7 Å². The highest BCUT2D eigenvalue weighted by Crippen LogP contribution is 2.36. The van der Waals surface area contributed by atoms with Crippen LogP contribution in [0.25, 0.3) is 11.1 Å². The molecular weight excluding hydrogens is 302 g/mol. The second-order valence-electron chi connectivity index (χ2n) is 7.14. The van der Waals surface area contributed by atoms with Crippen molar-refractivity contribution in [2.45, 2.75) is 57.8 Å². The van der Waals surface area contributed by atoms with Gasteiger partial charge in [-0.1, -0.05) is 56.9 Å². The van der Waals surface area contributed by atoms with Crippen molar-refractivity contribution >= 4 is 0 Å². The molecule has 0 nitrogen and oxygen atoms in total. The van der Waals surface area contributed by atoms with Crippen LogP contribution in [0.15, 0.2) is 42.5 Å². The summed E-state index contributed by atoms with van der Waals surface area (Å²) in [5.74, 6) is 0.472. The lowest BCUT2D eigenvalue weighted by Crippen LogP contribution is -1.99. The molecule has 2 unspecified atom stereocenters. The van der Waals surface area contributed by atoms with Crippen molar-refractivity contribution in [1.82, 2.24) is 0 Å². The van der Waals surface area contributed by atoms with E-state index in [1.165, 1.54) is 62.6 Å². The van der Waals surface area contributed by atoms with Crippen molar-refractivity contribution in [1.29, 1.82) is 0 Å². The number of benzene rings is 2. The standard InChI is InChI=1S/C22H26F2/c1-2-4-16-5-3-6-17(8-7-16)18-9-11-19(12-10-18)20-13-21(23)15-22(24)14-20/h9-17H,2-8H2,1H3. The van der Waals surface area contributed by atoms with E-state index >= 15 is 0 Å². The molecule has 0 radical (unpaired) electrons. The predicted octanol–water partition coefficient (Wildman–Crippen LogP) is 7.10. The Hall–Kier alpha value is -1.70. The highest BCUT2D eigenvalue weighted by atomic mass is 19.1. The Morgan fingerprint density at radius 2 is 1.54 bits per heavy atom. The summed E-state index contributed by atoms with van der Waals surface area (Å²) in [6.45, 7) is 2.27. The third kappa shape index (κ3) is 4.23. The third-order valence-corrected chi connectivity index (χ3v) is 5.36. The normalized spacial score (nSPS) is 21.5. The van der Waals surface area contributed by atoms with Gasteiger partial charge in [0.1, 0.15) is 11.6 Å². The van der Waals surface area contributed by atoms with Gasteiger partial charge in [-0.2, -0.15) is 0 Å². The minimum atomic E-state index is -0.528. The number of halogens is 2. The van der Waals surface area contributed by atoms with Crippen LogP contribution >= 0.6 is 0 Å². The van der Waals surface area contributed by atoms with E-state index in [0.717, 1.165) is 17.5 Å². The molecule has 1 aliphatic carbocycles. The van der Waals surface area contributed by atoms with Crippen LogP contribution in [0, 0.1) is 17.6 Å². The summed E-state index contributed by atoms with van der Waals surface area (Å²) in [5, 5.41) is 0. The average molecular weight is 328 g/mol. The van der Waals surface area contributed by atoms with Crippen LogP contribution in [0.3, 0.4) is 0 Å². The van der Waals surface area contributed by atoms with Crippen LogP contribution in [0.4, 0.5) is 8.78 Å². The Bertz CT molecular complexity index is 640. The van der Waals surface area contributed by atoms with Crippen molar-refractivity contribution in [2.75, 3.05) is 0 Å². The molecule has 1 fully saturated rings.